The quantitative estimate of drug-likeness (QED) is 0.329. The van der Waals surface area contributed by atoms with Crippen molar-refractivity contribution in [3.63, 3.8) is 0 Å². The highest BCUT2D eigenvalue weighted by Gasteiger charge is 2.36. The number of benzene rings is 2. The minimum Gasteiger partial charge on any atom is -0.493 e. The van der Waals surface area contributed by atoms with Crippen LogP contribution in [0.1, 0.15) is 73.1 Å². The predicted molar refractivity (Wildman–Crippen MR) is 144 cm³/mol. The Bertz CT molecular complexity index is 1360. The number of hydrogen-bond donors (Lipinski definition) is 2. The molecule has 1 aliphatic heterocycles. The number of nitrogens with zero attached hydrogens (tertiary/aromatic N) is 1. The molecule has 2 heterocycles. The van der Waals surface area contributed by atoms with Gasteiger partial charge in [-0.2, -0.15) is 0 Å². The maximum atomic E-state index is 13.9. The lowest BCUT2D eigenvalue weighted by Gasteiger charge is -2.41. The zero-order valence-corrected chi connectivity index (χ0v) is 22.4. The summed E-state index contributed by atoms with van der Waals surface area (Å²) in [6.45, 7) is 6.45. The number of ether oxygens (including phenoxy) is 2. The van der Waals surface area contributed by atoms with Gasteiger partial charge in [-0.05, 0) is 113 Å². The van der Waals surface area contributed by atoms with Crippen molar-refractivity contribution in [2.24, 2.45) is 0 Å². The molecule has 0 spiro atoms. The lowest BCUT2D eigenvalue weighted by molar-refractivity contribution is 0.0395. The number of carbonyl (C=O) groups is 1. The molecule has 0 radical (unpaired) electrons. The van der Waals surface area contributed by atoms with Crippen LogP contribution < -0.4 is 14.8 Å². The van der Waals surface area contributed by atoms with Crippen LogP contribution in [0, 0.1) is 12.7 Å². The zero-order valence-electron chi connectivity index (χ0n) is 22.4. The van der Waals surface area contributed by atoms with Gasteiger partial charge in [-0.15, -0.1) is 0 Å². The van der Waals surface area contributed by atoms with E-state index in [1.165, 1.54) is 6.07 Å². The number of pyridine rings is 1. The molecule has 1 saturated heterocycles. The summed E-state index contributed by atoms with van der Waals surface area (Å²) in [5, 5.41) is 15.0. The van der Waals surface area contributed by atoms with Gasteiger partial charge in [0.2, 0.25) is 0 Å². The van der Waals surface area contributed by atoms with Crippen LogP contribution in [0.25, 0.3) is 11.3 Å². The molecule has 2 aliphatic rings. The number of methoxy groups -OCH3 is 1. The molecular formula is C31H35FN2O4. The average molecular weight is 519 g/mol. The van der Waals surface area contributed by atoms with E-state index in [1.807, 2.05) is 12.1 Å². The Morgan fingerprint density at radius 1 is 1.18 bits per heavy atom. The van der Waals surface area contributed by atoms with Crippen molar-refractivity contribution in [3.05, 3.63) is 76.7 Å². The summed E-state index contributed by atoms with van der Waals surface area (Å²) in [5.41, 5.74) is 2.40. The zero-order chi connectivity index (χ0) is 27.1. The second-order valence-electron chi connectivity index (χ2n) is 11.0. The second-order valence-corrected chi connectivity index (χ2v) is 11.0. The Kier molecular flexibility index (Phi) is 7.01. The van der Waals surface area contributed by atoms with Gasteiger partial charge < -0.3 is 19.9 Å². The Labute approximate surface area is 223 Å². The molecule has 2 fully saturated rings. The van der Waals surface area contributed by atoms with Gasteiger partial charge in [0.25, 0.3) is 0 Å². The van der Waals surface area contributed by atoms with Crippen LogP contribution in [0.15, 0.2) is 48.5 Å². The smallest absolute Gasteiger partial charge is 0.163 e. The molecule has 7 heteroatoms. The number of nitrogens with one attached hydrogen (secondary N) is 1. The molecule has 200 valence electrons. The topological polar surface area (TPSA) is 80.7 Å². The lowest BCUT2D eigenvalue weighted by Crippen LogP contribution is -2.51. The fourth-order valence-electron chi connectivity index (χ4n) is 4.76. The van der Waals surface area contributed by atoms with E-state index in [4.69, 9.17) is 14.5 Å². The number of ketones is 1. The summed E-state index contributed by atoms with van der Waals surface area (Å²) in [5.74, 6) is 0.803. The maximum Gasteiger partial charge on any atom is 0.163 e. The maximum absolute atomic E-state index is 13.9. The summed E-state index contributed by atoms with van der Waals surface area (Å²) < 4.78 is 25.2. The minimum absolute atomic E-state index is 0.0975. The van der Waals surface area contributed by atoms with Gasteiger partial charge in [0.15, 0.2) is 17.3 Å². The normalized spacial score (nSPS) is 20.4. The van der Waals surface area contributed by atoms with E-state index < -0.39 is 5.60 Å². The van der Waals surface area contributed by atoms with Crippen LogP contribution in [0.3, 0.4) is 0 Å². The van der Waals surface area contributed by atoms with Crippen LogP contribution in [-0.4, -0.2) is 35.6 Å². The van der Waals surface area contributed by atoms with Gasteiger partial charge in [-0.3, -0.25) is 4.79 Å². The molecule has 6 nitrogen and oxygen atoms in total. The fourth-order valence-corrected chi connectivity index (χ4v) is 4.76. The van der Waals surface area contributed by atoms with E-state index in [1.54, 1.807) is 51.3 Å². The highest BCUT2D eigenvalue weighted by atomic mass is 19.1. The monoisotopic (exact) mass is 518 g/mol. The van der Waals surface area contributed by atoms with E-state index in [9.17, 15) is 14.3 Å². The molecule has 0 amide bonds. The van der Waals surface area contributed by atoms with Gasteiger partial charge in [-0.1, -0.05) is 0 Å². The molecule has 5 rings (SSSR count). The molecule has 3 aromatic rings. The highest BCUT2D eigenvalue weighted by molar-refractivity contribution is 5.96. The van der Waals surface area contributed by atoms with Crippen LogP contribution in [0.5, 0.6) is 11.5 Å². The van der Waals surface area contributed by atoms with Crippen LogP contribution in [0.4, 0.5) is 4.39 Å². The third kappa shape index (κ3) is 5.45. The number of carbonyl (C=O) groups excluding carboxylic acids is 1. The van der Waals surface area contributed by atoms with Gasteiger partial charge in [0.05, 0.1) is 24.6 Å². The van der Waals surface area contributed by atoms with Crippen molar-refractivity contribution < 1.29 is 23.8 Å². The molecule has 0 bridgehead atoms. The Morgan fingerprint density at radius 3 is 2.58 bits per heavy atom. The van der Waals surface area contributed by atoms with Crippen LogP contribution in [0.2, 0.25) is 0 Å². The molecule has 1 aliphatic carbocycles. The van der Waals surface area contributed by atoms with Crippen molar-refractivity contribution in [2.75, 3.05) is 13.7 Å². The van der Waals surface area contributed by atoms with E-state index in [2.05, 4.69) is 12.2 Å². The number of aliphatic hydroxyl groups is 1. The first-order chi connectivity index (χ1) is 18.1. The molecule has 2 N–H and O–H groups in total. The number of Topliss-reactive ketones (excluding diaryl/α,β-unsaturated/α-hetero) is 1. The molecule has 2 atom stereocenters. The van der Waals surface area contributed by atoms with Crippen molar-refractivity contribution in [3.8, 4) is 22.8 Å². The molecule has 38 heavy (non-hydrogen) atoms. The molecule has 2 unspecified atom stereocenters. The Hall–Kier alpha value is -3.29. The van der Waals surface area contributed by atoms with E-state index in [0.717, 1.165) is 36.9 Å². The van der Waals surface area contributed by atoms with Gasteiger partial charge in [-0.25, -0.2) is 9.37 Å². The predicted octanol–water partition coefficient (Wildman–Crippen LogP) is 5.83. The number of aryl methyl sites for hydroxylation is 1. The first-order valence-electron chi connectivity index (χ1n) is 13.2. The first-order valence-corrected chi connectivity index (χ1v) is 13.2. The highest BCUT2D eigenvalue weighted by Crippen LogP contribution is 2.37. The average Bonchev–Trinajstić information content (AvgIpc) is 3.71. The largest absolute Gasteiger partial charge is 0.493 e. The standard InChI is InChI=1S/C31H35FN2O4/c1-19-15-20(5-9-24(19)32)25-17-22(30(2)13-14-33-30)18-29(34-25)31(3,36)12-11-26(35)21-6-10-27(28(16-21)37-4)38-23-7-8-23/h5-6,9-10,15-18,23,33,36H,7-8,11-14H2,1-4H3. The van der Waals surface area contributed by atoms with E-state index >= 15 is 0 Å². The molecule has 1 saturated carbocycles. The van der Waals surface area contributed by atoms with Gasteiger partial charge in [0, 0.05) is 23.1 Å². The number of hydrogen-bond acceptors (Lipinski definition) is 6. The van der Waals surface area contributed by atoms with Crippen molar-refractivity contribution in [1.82, 2.24) is 10.3 Å². The number of rotatable bonds is 10. The second kappa shape index (κ2) is 10.1. The summed E-state index contributed by atoms with van der Waals surface area (Å²) in [6.07, 6.45) is 3.58. The molecule has 1 aromatic heterocycles. The van der Waals surface area contributed by atoms with E-state index in [-0.39, 0.29) is 36.1 Å². The Balaban J connectivity index is 1.39. The van der Waals surface area contributed by atoms with Crippen molar-refractivity contribution in [1.29, 1.82) is 0 Å². The molecule has 2 aromatic carbocycles. The minimum atomic E-state index is -1.35. The van der Waals surface area contributed by atoms with Crippen molar-refractivity contribution >= 4 is 5.78 Å². The fraction of sp³-hybridized carbons (Fsp3) is 0.419. The first kappa shape index (κ1) is 26.3. The third-order valence-corrected chi connectivity index (χ3v) is 7.75. The molecular weight excluding hydrogens is 483 g/mol. The summed E-state index contributed by atoms with van der Waals surface area (Å²) in [7, 11) is 1.56. The number of aromatic nitrogens is 1. The van der Waals surface area contributed by atoms with Gasteiger partial charge in [0.1, 0.15) is 11.4 Å². The lowest BCUT2D eigenvalue weighted by atomic mass is 9.80. The summed E-state index contributed by atoms with van der Waals surface area (Å²) >= 11 is 0. The SMILES string of the molecule is COc1cc(C(=O)CCC(C)(O)c2cc(C3(C)CCN3)cc(-c3ccc(F)c(C)c3)n2)ccc1OC1CC1. The summed E-state index contributed by atoms with van der Waals surface area (Å²) in [4.78, 5) is 17.9. The summed E-state index contributed by atoms with van der Waals surface area (Å²) in [6, 6.07) is 14.1. The van der Waals surface area contributed by atoms with Crippen LogP contribution >= 0.6 is 0 Å². The van der Waals surface area contributed by atoms with Crippen LogP contribution in [-0.2, 0) is 11.1 Å². The Morgan fingerprint density at radius 2 is 1.95 bits per heavy atom. The van der Waals surface area contributed by atoms with Gasteiger partial charge >= 0.3 is 0 Å². The third-order valence-electron chi connectivity index (χ3n) is 7.75. The number of halogens is 1. The van der Waals surface area contributed by atoms with E-state index in [0.29, 0.717) is 34.0 Å². The van der Waals surface area contributed by atoms with Crippen molar-refractivity contribution in [2.45, 2.75) is 70.1 Å².